The van der Waals surface area contributed by atoms with Gasteiger partial charge in [0.05, 0.1) is 11.3 Å². The molecular formula is C23H27Cl2N3O4. The molecule has 9 heteroatoms. The molecule has 32 heavy (non-hydrogen) atoms. The number of carbonyl (C=O) groups excluding carboxylic acids is 2. The van der Waals surface area contributed by atoms with E-state index in [0.29, 0.717) is 22.0 Å². The first kappa shape index (κ1) is 25.6. The molecule has 0 aliphatic rings. The summed E-state index contributed by atoms with van der Waals surface area (Å²) in [6, 6.07) is 10.2. The lowest BCUT2D eigenvalue weighted by Crippen LogP contribution is -2.51. The molecule has 0 heterocycles. The minimum absolute atomic E-state index is 0.0529. The zero-order chi connectivity index (χ0) is 23.8. The van der Waals surface area contributed by atoms with Gasteiger partial charge in [0, 0.05) is 34.3 Å². The lowest BCUT2D eigenvalue weighted by atomic mass is 10.0. The van der Waals surface area contributed by atoms with E-state index in [4.69, 9.17) is 23.2 Å². The number of para-hydroxylation sites is 1. The Morgan fingerprint density at radius 2 is 1.78 bits per heavy atom. The van der Waals surface area contributed by atoms with Crippen LogP contribution < -0.4 is 5.32 Å². The number of hydrogen-bond donors (Lipinski definition) is 1. The van der Waals surface area contributed by atoms with E-state index in [9.17, 15) is 19.7 Å². The van der Waals surface area contributed by atoms with Crippen LogP contribution in [0.15, 0.2) is 42.5 Å². The highest BCUT2D eigenvalue weighted by molar-refractivity contribution is 6.35. The summed E-state index contributed by atoms with van der Waals surface area (Å²) in [5, 5.41) is 15.1. The molecule has 0 bridgehead atoms. The van der Waals surface area contributed by atoms with Gasteiger partial charge < -0.3 is 10.2 Å². The van der Waals surface area contributed by atoms with Gasteiger partial charge in [0.1, 0.15) is 6.04 Å². The smallest absolute Gasteiger partial charge is 0.273 e. The summed E-state index contributed by atoms with van der Waals surface area (Å²) in [5.41, 5.74) is 0.774. The van der Waals surface area contributed by atoms with Crippen molar-refractivity contribution in [3.8, 4) is 0 Å². The number of benzene rings is 2. The fourth-order valence-corrected chi connectivity index (χ4v) is 3.77. The molecule has 0 saturated carbocycles. The maximum absolute atomic E-state index is 13.4. The Morgan fingerprint density at radius 3 is 2.38 bits per heavy atom. The van der Waals surface area contributed by atoms with E-state index in [-0.39, 0.29) is 36.2 Å². The van der Waals surface area contributed by atoms with Gasteiger partial charge in [0.15, 0.2) is 0 Å². The third kappa shape index (κ3) is 6.68. The molecular weight excluding hydrogens is 453 g/mol. The number of nitro groups is 1. The minimum atomic E-state index is -0.758. The molecule has 0 spiro atoms. The third-order valence-electron chi connectivity index (χ3n) is 5.27. The van der Waals surface area contributed by atoms with E-state index < -0.39 is 16.9 Å². The Balaban J connectivity index is 2.41. The molecule has 7 nitrogen and oxygen atoms in total. The van der Waals surface area contributed by atoms with Crippen LogP contribution in [0.25, 0.3) is 0 Å². The average Bonchev–Trinajstić information content (AvgIpc) is 2.75. The van der Waals surface area contributed by atoms with Gasteiger partial charge in [0.2, 0.25) is 11.8 Å². The van der Waals surface area contributed by atoms with Crippen molar-refractivity contribution in [1.29, 1.82) is 0 Å². The molecule has 2 aromatic rings. The number of nitrogens with zero attached hydrogens (tertiary/aromatic N) is 2. The van der Waals surface area contributed by atoms with Gasteiger partial charge >= 0.3 is 0 Å². The normalized spacial score (nSPS) is 12.7. The van der Waals surface area contributed by atoms with E-state index in [2.05, 4.69) is 5.32 Å². The van der Waals surface area contributed by atoms with Crippen LogP contribution in [0.5, 0.6) is 0 Å². The van der Waals surface area contributed by atoms with Crippen molar-refractivity contribution in [2.75, 3.05) is 0 Å². The molecule has 1 N–H and O–H groups in total. The Morgan fingerprint density at radius 1 is 1.09 bits per heavy atom. The van der Waals surface area contributed by atoms with Crippen molar-refractivity contribution in [3.05, 3.63) is 73.8 Å². The number of hydrogen-bond acceptors (Lipinski definition) is 4. The standard InChI is InChI=1S/C23H27Cl2N3O4/c1-4-15(3)26-23(30)20(5-2)27(14-17-10-11-18(24)13-19(17)25)22(29)12-16-8-6-7-9-21(16)28(31)32/h6-11,13,15,20H,4-5,12,14H2,1-3H3,(H,26,30)/t15-,20+/m1/s1. The molecule has 0 unspecified atom stereocenters. The predicted molar refractivity (Wildman–Crippen MR) is 126 cm³/mol. The first-order chi connectivity index (χ1) is 15.2. The fourth-order valence-electron chi connectivity index (χ4n) is 3.30. The van der Waals surface area contributed by atoms with Crippen LogP contribution in [-0.4, -0.2) is 33.7 Å². The zero-order valence-corrected chi connectivity index (χ0v) is 19.8. The number of halogens is 2. The molecule has 0 aliphatic heterocycles. The van der Waals surface area contributed by atoms with E-state index in [1.807, 2.05) is 20.8 Å². The Labute approximate surface area is 197 Å². The maximum Gasteiger partial charge on any atom is 0.273 e. The third-order valence-corrected chi connectivity index (χ3v) is 5.86. The van der Waals surface area contributed by atoms with Crippen LogP contribution in [-0.2, 0) is 22.6 Å². The Bertz CT molecular complexity index is 983. The van der Waals surface area contributed by atoms with Gasteiger partial charge in [-0.2, -0.15) is 0 Å². The van der Waals surface area contributed by atoms with E-state index >= 15 is 0 Å². The highest BCUT2D eigenvalue weighted by Gasteiger charge is 2.30. The Kier molecular flexibility index (Phi) is 9.47. The monoisotopic (exact) mass is 479 g/mol. The van der Waals surface area contributed by atoms with E-state index in [1.54, 1.807) is 36.4 Å². The molecule has 0 fully saturated rings. The predicted octanol–water partition coefficient (Wildman–Crippen LogP) is 5.17. The van der Waals surface area contributed by atoms with Crippen molar-refractivity contribution in [2.24, 2.45) is 0 Å². The molecule has 2 aromatic carbocycles. The van der Waals surface area contributed by atoms with Crippen molar-refractivity contribution in [1.82, 2.24) is 10.2 Å². The van der Waals surface area contributed by atoms with Crippen LogP contribution >= 0.6 is 23.2 Å². The van der Waals surface area contributed by atoms with Crippen LogP contribution in [0.4, 0.5) is 5.69 Å². The summed E-state index contributed by atoms with van der Waals surface area (Å²) in [5.74, 6) is -0.681. The SMILES string of the molecule is CC[C@@H](C)NC(=O)[C@H](CC)N(Cc1ccc(Cl)cc1Cl)C(=O)Cc1ccccc1[N+](=O)[O-]. The van der Waals surface area contributed by atoms with Gasteiger partial charge in [-0.15, -0.1) is 0 Å². The highest BCUT2D eigenvalue weighted by Crippen LogP contribution is 2.25. The van der Waals surface area contributed by atoms with Gasteiger partial charge in [-0.3, -0.25) is 19.7 Å². The number of nitrogens with one attached hydrogen (secondary N) is 1. The summed E-state index contributed by atoms with van der Waals surface area (Å²) < 4.78 is 0. The van der Waals surface area contributed by atoms with Crippen molar-refractivity contribution >= 4 is 40.7 Å². The Hall–Kier alpha value is -2.64. The summed E-state index contributed by atoms with van der Waals surface area (Å²) >= 11 is 12.3. The van der Waals surface area contributed by atoms with Crippen LogP contribution in [0.3, 0.4) is 0 Å². The highest BCUT2D eigenvalue weighted by atomic mass is 35.5. The number of carbonyl (C=O) groups is 2. The quantitative estimate of drug-likeness (QED) is 0.375. The molecule has 2 amide bonds. The molecule has 0 aliphatic carbocycles. The summed E-state index contributed by atoms with van der Waals surface area (Å²) in [7, 11) is 0. The fraction of sp³-hybridized carbons (Fsp3) is 0.391. The second-order valence-electron chi connectivity index (χ2n) is 7.56. The molecule has 172 valence electrons. The second-order valence-corrected chi connectivity index (χ2v) is 8.41. The van der Waals surface area contributed by atoms with Crippen LogP contribution in [0, 0.1) is 10.1 Å². The number of nitro benzene ring substituents is 1. The van der Waals surface area contributed by atoms with Crippen molar-refractivity contribution < 1.29 is 14.5 Å². The topological polar surface area (TPSA) is 92.6 Å². The lowest BCUT2D eigenvalue weighted by molar-refractivity contribution is -0.385. The minimum Gasteiger partial charge on any atom is -0.352 e. The van der Waals surface area contributed by atoms with Gasteiger partial charge in [-0.05, 0) is 37.5 Å². The number of rotatable bonds is 10. The summed E-state index contributed by atoms with van der Waals surface area (Å²) in [6.07, 6.45) is 0.904. The van der Waals surface area contributed by atoms with Crippen LogP contribution in [0.2, 0.25) is 10.0 Å². The molecule has 0 saturated heterocycles. The van der Waals surface area contributed by atoms with E-state index in [1.165, 1.54) is 11.0 Å². The maximum atomic E-state index is 13.4. The van der Waals surface area contributed by atoms with Gasteiger partial charge in [-0.25, -0.2) is 0 Å². The van der Waals surface area contributed by atoms with Crippen molar-refractivity contribution in [2.45, 2.75) is 58.7 Å². The van der Waals surface area contributed by atoms with Crippen LogP contribution in [0.1, 0.15) is 44.7 Å². The molecule has 2 rings (SSSR count). The summed E-state index contributed by atoms with van der Waals surface area (Å²) in [4.78, 5) is 38.7. The van der Waals surface area contributed by atoms with E-state index in [0.717, 1.165) is 6.42 Å². The summed E-state index contributed by atoms with van der Waals surface area (Å²) in [6.45, 7) is 5.73. The number of amides is 2. The largest absolute Gasteiger partial charge is 0.352 e. The second kappa shape index (κ2) is 11.8. The first-order valence-corrected chi connectivity index (χ1v) is 11.2. The van der Waals surface area contributed by atoms with Crippen molar-refractivity contribution in [3.63, 3.8) is 0 Å². The van der Waals surface area contributed by atoms with Gasteiger partial charge in [-0.1, -0.05) is 61.3 Å². The average molecular weight is 480 g/mol. The molecule has 2 atom stereocenters. The zero-order valence-electron chi connectivity index (χ0n) is 18.3. The lowest BCUT2D eigenvalue weighted by Gasteiger charge is -2.31. The van der Waals surface area contributed by atoms with Gasteiger partial charge in [0.25, 0.3) is 5.69 Å². The first-order valence-electron chi connectivity index (χ1n) is 10.4. The molecule has 0 aromatic heterocycles. The molecule has 0 radical (unpaired) electrons.